The highest BCUT2D eigenvalue weighted by molar-refractivity contribution is 6.21. The summed E-state index contributed by atoms with van der Waals surface area (Å²) in [6, 6.07) is 9.92. The predicted molar refractivity (Wildman–Crippen MR) is 112 cm³/mol. The number of hydrogen-bond acceptors (Lipinski definition) is 6. The van der Waals surface area contributed by atoms with E-state index in [0.717, 1.165) is 5.56 Å². The number of nitrogens with zero attached hydrogens (tertiary/aromatic N) is 4. The van der Waals surface area contributed by atoms with Crippen molar-refractivity contribution in [3.63, 3.8) is 0 Å². The van der Waals surface area contributed by atoms with Gasteiger partial charge in [0.15, 0.2) is 11.4 Å². The maximum absolute atomic E-state index is 13.6. The van der Waals surface area contributed by atoms with Crippen LogP contribution in [0.1, 0.15) is 30.8 Å². The first-order valence-electron chi connectivity index (χ1n) is 9.32. The molecular weight excluding hydrogens is 385 g/mol. The number of Topliss-reactive ketones (excluding diaryl/α,β-unsaturated/α-hetero) is 1. The van der Waals surface area contributed by atoms with Crippen LogP contribution in [0.4, 0.5) is 4.39 Å². The molecule has 30 heavy (non-hydrogen) atoms. The third-order valence-corrected chi connectivity index (χ3v) is 4.88. The van der Waals surface area contributed by atoms with Crippen LogP contribution in [-0.4, -0.2) is 32.5 Å². The Bertz CT molecular complexity index is 1320. The van der Waals surface area contributed by atoms with E-state index >= 15 is 0 Å². The lowest BCUT2D eigenvalue weighted by Gasteiger charge is -2.14. The van der Waals surface area contributed by atoms with Gasteiger partial charge < -0.3 is 10.5 Å². The fourth-order valence-corrected chi connectivity index (χ4v) is 3.63. The van der Waals surface area contributed by atoms with Gasteiger partial charge >= 0.3 is 0 Å². The third-order valence-electron chi connectivity index (χ3n) is 4.88. The van der Waals surface area contributed by atoms with Gasteiger partial charge in [0, 0.05) is 29.3 Å². The predicted octanol–water partition coefficient (Wildman–Crippen LogP) is 3.29. The van der Waals surface area contributed by atoms with Crippen molar-refractivity contribution in [1.82, 2.24) is 19.6 Å². The number of benzene rings is 2. The molecule has 8 heteroatoms. The van der Waals surface area contributed by atoms with E-state index in [4.69, 9.17) is 10.5 Å². The number of halogens is 1. The molecule has 0 aliphatic rings. The summed E-state index contributed by atoms with van der Waals surface area (Å²) >= 11 is 0. The lowest BCUT2D eigenvalue weighted by atomic mass is 9.99. The normalized spacial score (nSPS) is 12.3. The van der Waals surface area contributed by atoms with E-state index < -0.39 is 0 Å². The summed E-state index contributed by atoms with van der Waals surface area (Å²) in [5, 5.41) is 8.46. The van der Waals surface area contributed by atoms with Gasteiger partial charge in [-0.3, -0.25) is 14.2 Å². The van der Waals surface area contributed by atoms with Crippen LogP contribution >= 0.6 is 0 Å². The first-order valence-corrected chi connectivity index (χ1v) is 9.32. The highest BCUT2D eigenvalue weighted by atomic mass is 19.1. The van der Waals surface area contributed by atoms with Crippen LogP contribution in [-0.2, 0) is 11.2 Å². The minimum Gasteiger partial charge on any atom is -0.496 e. The summed E-state index contributed by atoms with van der Waals surface area (Å²) in [6.07, 6.45) is 2.00. The number of allylic oxidation sites excluding steroid dienone is 2. The van der Waals surface area contributed by atoms with Crippen LogP contribution in [0.2, 0.25) is 0 Å². The second kappa shape index (κ2) is 7.55. The zero-order valence-electron chi connectivity index (χ0n) is 16.8. The van der Waals surface area contributed by atoms with Crippen molar-refractivity contribution < 1.29 is 13.9 Å². The molecule has 7 nitrogen and oxygen atoms in total. The molecule has 4 aromatic rings. The van der Waals surface area contributed by atoms with Crippen molar-refractivity contribution in [2.45, 2.75) is 20.3 Å². The molecule has 0 unspecified atom stereocenters. The Labute approximate surface area is 172 Å². The number of methoxy groups -OCH3 is 1. The van der Waals surface area contributed by atoms with Crippen LogP contribution in [0.3, 0.4) is 0 Å². The van der Waals surface area contributed by atoms with Crippen molar-refractivity contribution in [3.8, 4) is 5.75 Å². The van der Waals surface area contributed by atoms with Gasteiger partial charge in [0.2, 0.25) is 0 Å². The van der Waals surface area contributed by atoms with Crippen LogP contribution < -0.4 is 10.5 Å². The smallest absolute Gasteiger partial charge is 0.179 e. The average molecular weight is 405 g/mol. The van der Waals surface area contributed by atoms with Crippen LogP contribution in [0, 0.1) is 5.82 Å². The van der Waals surface area contributed by atoms with Crippen LogP contribution in [0.15, 0.2) is 48.3 Å². The number of carbonyl (C=O) groups is 1. The minimum absolute atomic E-state index is 0.162. The van der Waals surface area contributed by atoms with E-state index in [2.05, 4.69) is 15.2 Å². The van der Waals surface area contributed by atoms with E-state index in [-0.39, 0.29) is 11.6 Å². The third kappa shape index (κ3) is 3.36. The zero-order chi connectivity index (χ0) is 21.4. The number of ketones is 1. The fourth-order valence-electron chi connectivity index (χ4n) is 3.63. The number of carbonyl (C=O) groups excluding carboxylic acids is 1. The number of nitrogens with two attached hydrogens (primary N) is 1. The monoisotopic (exact) mass is 405 g/mol. The molecular formula is C22H20FN5O2. The Hall–Kier alpha value is -3.81. The van der Waals surface area contributed by atoms with E-state index in [1.165, 1.54) is 26.2 Å². The van der Waals surface area contributed by atoms with Crippen LogP contribution in [0.5, 0.6) is 5.75 Å². The molecule has 0 aliphatic carbocycles. The number of fused-ring (bicyclic) bond motifs is 3. The lowest BCUT2D eigenvalue weighted by molar-refractivity contribution is -0.111. The second-order valence-corrected chi connectivity index (χ2v) is 7.03. The van der Waals surface area contributed by atoms with Gasteiger partial charge in [0.25, 0.3) is 0 Å². The van der Waals surface area contributed by atoms with Gasteiger partial charge in [0.05, 0.1) is 24.3 Å². The van der Waals surface area contributed by atoms with Crippen molar-refractivity contribution in [2.24, 2.45) is 5.73 Å². The molecule has 152 valence electrons. The van der Waals surface area contributed by atoms with Crippen LogP contribution in [0.25, 0.3) is 22.3 Å². The van der Waals surface area contributed by atoms with Crippen molar-refractivity contribution >= 4 is 28.0 Å². The largest absolute Gasteiger partial charge is 0.496 e. The summed E-state index contributed by atoms with van der Waals surface area (Å²) in [5.74, 6) is 0.650. The Morgan fingerprint density at radius 2 is 2.00 bits per heavy atom. The summed E-state index contributed by atoms with van der Waals surface area (Å²) < 4.78 is 21.0. The molecule has 2 N–H and O–H groups in total. The first kappa shape index (κ1) is 19.5. The SMILES string of the molecule is COc1cc2c(cc1C(C(C)=O)=C(C)N)ncc1nnc(Cc3cccc(F)c3)n12. The quantitative estimate of drug-likeness (QED) is 0.512. The van der Waals surface area contributed by atoms with E-state index in [9.17, 15) is 9.18 Å². The summed E-state index contributed by atoms with van der Waals surface area (Å²) in [4.78, 5) is 16.6. The van der Waals surface area contributed by atoms with E-state index in [1.54, 1.807) is 31.3 Å². The number of ether oxygens (including phenoxy) is 1. The van der Waals surface area contributed by atoms with Crippen molar-refractivity contribution in [3.05, 3.63) is 71.1 Å². The molecule has 4 rings (SSSR count). The van der Waals surface area contributed by atoms with Gasteiger partial charge in [-0.2, -0.15) is 0 Å². The van der Waals surface area contributed by atoms with Gasteiger partial charge in [-0.15, -0.1) is 10.2 Å². The maximum atomic E-state index is 13.6. The minimum atomic E-state index is -0.306. The molecule has 0 saturated carbocycles. The molecule has 0 saturated heterocycles. The fraction of sp³-hybridized carbons (Fsp3) is 0.182. The van der Waals surface area contributed by atoms with Gasteiger partial charge in [-0.25, -0.2) is 4.39 Å². The zero-order valence-corrected chi connectivity index (χ0v) is 16.8. The number of aromatic nitrogens is 4. The Morgan fingerprint density at radius 1 is 1.20 bits per heavy atom. The first-order chi connectivity index (χ1) is 14.4. The highest BCUT2D eigenvalue weighted by Crippen LogP contribution is 2.32. The topological polar surface area (TPSA) is 95.4 Å². The van der Waals surface area contributed by atoms with Gasteiger partial charge in [0.1, 0.15) is 17.4 Å². The van der Waals surface area contributed by atoms with Crippen molar-refractivity contribution in [1.29, 1.82) is 0 Å². The number of rotatable bonds is 5. The summed E-state index contributed by atoms with van der Waals surface area (Å²) in [7, 11) is 1.53. The van der Waals surface area contributed by atoms with Gasteiger partial charge in [-0.1, -0.05) is 12.1 Å². The molecule has 2 heterocycles. The van der Waals surface area contributed by atoms with E-state index in [0.29, 0.717) is 51.5 Å². The maximum Gasteiger partial charge on any atom is 0.179 e. The van der Waals surface area contributed by atoms with Crippen molar-refractivity contribution in [2.75, 3.05) is 7.11 Å². The molecule has 0 bridgehead atoms. The van der Waals surface area contributed by atoms with Gasteiger partial charge in [-0.05, 0) is 37.6 Å². The molecule has 2 aromatic carbocycles. The lowest BCUT2D eigenvalue weighted by Crippen LogP contribution is -2.07. The molecule has 0 amide bonds. The molecule has 2 aromatic heterocycles. The number of hydrogen-bond donors (Lipinski definition) is 1. The Kier molecular flexibility index (Phi) is 4.91. The molecule has 0 aliphatic heterocycles. The highest BCUT2D eigenvalue weighted by Gasteiger charge is 2.19. The Balaban J connectivity index is 1.95. The molecule has 0 fully saturated rings. The summed E-state index contributed by atoms with van der Waals surface area (Å²) in [6.45, 7) is 3.14. The Morgan fingerprint density at radius 3 is 2.67 bits per heavy atom. The molecule has 0 atom stereocenters. The molecule has 0 radical (unpaired) electrons. The second-order valence-electron chi connectivity index (χ2n) is 7.03. The molecule has 0 spiro atoms. The average Bonchev–Trinajstić information content (AvgIpc) is 3.10. The standard InChI is InChI=1S/C22H20FN5O2/c1-12(24)22(13(2)29)16-9-17-18(10-19(16)30-3)28-20(26-27-21(28)11-25-17)8-14-5-4-6-15(23)7-14/h4-7,9-11H,8,24H2,1-3H3. The summed E-state index contributed by atoms with van der Waals surface area (Å²) in [5.41, 5.74) is 9.99. The van der Waals surface area contributed by atoms with E-state index in [1.807, 2.05) is 10.5 Å².